The molecule has 0 N–H and O–H groups in total. The Labute approximate surface area is 138 Å². The fraction of sp³-hybridized carbons (Fsp3) is 0.650. The number of alkyl halides is 1. The number of carbonyl (C=O) groups excluding carboxylic acids is 1. The number of hydrogen-bond donors (Lipinski definition) is 0. The van der Waals surface area contributed by atoms with Crippen LogP contribution in [0.4, 0.5) is 4.39 Å². The quantitative estimate of drug-likeness (QED) is 0.730. The summed E-state index contributed by atoms with van der Waals surface area (Å²) in [5.41, 5.74) is 2.61. The molecule has 1 aromatic rings. The van der Waals surface area contributed by atoms with Crippen molar-refractivity contribution >= 4 is 5.97 Å². The molecule has 1 saturated heterocycles. The third-order valence-corrected chi connectivity index (χ3v) is 5.48. The maximum Gasteiger partial charge on any atom is 0.309 e. The molecule has 23 heavy (non-hydrogen) atoms. The van der Waals surface area contributed by atoms with Gasteiger partial charge in [-0.05, 0) is 69.8 Å². The van der Waals surface area contributed by atoms with Crippen molar-refractivity contribution in [1.82, 2.24) is 0 Å². The van der Waals surface area contributed by atoms with E-state index in [1.54, 1.807) is 0 Å². The van der Waals surface area contributed by atoms with Crippen molar-refractivity contribution in [3.05, 3.63) is 35.4 Å². The minimum absolute atomic E-state index is 0.0266. The van der Waals surface area contributed by atoms with E-state index >= 15 is 0 Å². The zero-order chi connectivity index (χ0) is 16.2. The molecule has 0 radical (unpaired) electrons. The van der Waals surface area contributed by atoms with Crippen molar-refractivity contribution in [2.24, 2.45) is 11.8 Å². The molecule has 0 bridgehead atoms. The molecule has 126 valence electrons. The lowest BCUT2D eigenvalue weighted by atomic mass is 9.82. The standard InChI is InChI=1S/C20H27FO2/c1-14-5-7-15(8-6-14)3-2-4-17-13-19(23-20(17)22)16-9-11-18(21)12-10-16/h5-8,16-19H,2-4,9-13H2,1H3. The molecule has 2 aliphatic rings. The van der Waals surface area contributed by atoms with Crippen molar-refractivity contribution in [1.29, 1.82) is 0 Å². The van der Waals surface area contributed by atoms with Crippen LogP contribution in [0.15, 0.2) is 24.3 Å². The maximum absolute atomic E-state index is 13.2. The summed E-state index contributed by atoms with van der Waals surface area (Å²) in [7, 11) is 0. The SMILES string of the molecule is Cc1ccc(CCCC2CC(C3CCC(F)CC3)OC2=O)cc1. The molecule has 3 rings (SSSR count). The van der Waals surface area contributed by atoms with E-state index in [9.17, 15) is 9.18 Å². The van der Waals surface area contributed by atoms with E-state index in [1.807, 2.05) is 0 Å². The molecular weight excluding hydrogens is 291 g/mol. The highest BCUT2D eigenvalue weighted by Gasteiger charge is 2.39. The van der Waals surface area contributed by atoms with Gasteiger partial charge in [0.25, 0.3) is 0 Å². The molecule has 1 aliphatic heterocycles. The van der Waals surface area contributed by atoms with Crippen molar-refractivity contribution in [3.8, 4) is 0 Å². The molecule has 0 amide bonds. The predicted octanol–water partition coefficient (Wildman–Crippen LogP) is 4.78. The van der Waals surface area contributed by atoms with Gasteiger partial charge in [0.15, 0.2) is 0 Å². The topological polar surface area (TPSA) is 26.3 Å². The van der Waals surface area contributed by atoms with Gasteiger partial charge in [-0.15, -0.1) is 0 Å². The minimum atomic E-state index is -0.645. The van der Waals surface area contributed by atoms with Gasteiger partial charge in [0.1, 0.15) is 12.3 Å². The van der Waals surface area contributed by atoms with Crippen LogP contribution < -0.4 is 0 Å². The van der Waals surface area contributed by atoms with Gasteiger partial charge >= 0.3 is 5.97 Å². The zero-order valence-corrected chi connectivity index (χ0v) is 14.0. The van der Waals surface area contributed by atoms with Crippen LogP contribution in [0.3, 0.4) is 0 Å². The molecular formula is C20H27FO2. The highest BCUT2D eigenvalue weighted by Crippen LogP contribution is 2.37. The van der Waals surface area contributed by atoms with Gasteiger partial charge in [-0.3, -0.25) is 4.79 Å². The summed E-state index contributed by atoms with van der Waals surface area (Å²) in [6.07, 6.45) is 6.19. The van der Waals surface area contributed by atoms with Crippen LogP contribution in [0.5, 0.6) is 0 Å². The Bertz CT molecular complexity index is 517. The summed E-state index contributed by atoms with van der Waals surface area (Å²) in [4.78, 5) is 12.1. The van der Waals surface area contributed by atoms with Crippen molar-refractivity contribution in [2.45, 2.75) is 70.6 Å². The molecule has 1 heterocycles. The lowest BCUT2D eigenvalue weighted by molar-refractivity contribution is -0.146. The number of cyclic esters (lactones) is 1. The molecule has 1 saturated carbocycles. The van der Waals surface area contributed by atoms with Crippen LogP contribution >= 0.6 is 0 Å². The number of benzene rings is 1. The number of halogens is 1. The fourth-order valence-corrected chi connectivity index (χ4v) is 3.95. The monoisotopic (exact) mass is 318 g/mol. The molecule has 0 aromatic heterocycles. The van der Waals surface area contributed by atoms with Gasteiger partial charge in [-0.2, -0.15) is 0 Å². The number of aryl methyl sites for hydroxylation is 2. The number of ether oxygens (including phenoxy) is 1. The van der Waals surface area contributed by atoms with Crippen LogP contribution in [0.2, 0.25) is 0 Å². The third-order valence-electron chi connectivity index (χ3n) is 5.48. The first kappa shape index (κ1) is 16.5. The highest BCUT2D eigenvalue weighted by molar-refractivity contribution is 5.74. The first-order valence-electron chi connectivity index (χ1n) is 9.02. The van der Waals surface area contributed by atoms with Gasteiger partial charge in [0.05, 0.1) is 5.92 Å². The fourth-order valence-electron chi connectivity index (χ4n) is 3.95. The molecule has 2 unspecified atom stereocenters. The normalized spacial score (nSPS) is 31.1. The van der Waals surface area contributed by atoms with Gasteiger partial charge in [0.2, 0.25) is 0 Å². The second kappa shape index (κ2) is 7.46. The zero-order valence-electron chi connectivity index (χ0n) is 14.0. The minimum Gasteiger partial charge on any atom is -0.462 e. The van der Waals surface area contributed by atoms with Crippen LogP contribution in [0.25, 0.3) is 0 Å². The average molecular weight is 318 g/mol. The van der Waals surface area contributed by atoms with E-state index in [0.717, 1.165) is 38.5 Å². The van der Waals surface area contributed by atoms with Gasteiger partial charge in [0, 0.05) is 0 Å². The van der Waals surface area contributed by atoms with E-state index in [0.29, 0.717) is 18.8 Å². The van der Waals surface area contributed by atoms with Crippen molar-refractivity contribution in [3.63, 3.8) is 0 Å². The lowest BCUT2D eigenvalue weighted by Gasteiger charge is -2.27. The number of esters is 1. The largest absolute Gasteiger partial charge is 0.462 e. The first-order valence-corrected chi connectivity index (χ1v) is 9.02. The Balaban J connectivity index is 1.44. The summed E-state index contributed by atoms with van der Waals surface area (Å²) in [5.74, 6) is 0.405. The molecule has 2 fully saturated rings. The maximum atomic E-state index is 13.2. The van der Waals surface area contributed by atoms with E-state index in [-0.39, 0.29) is 18.0 Å². The van der Waals surface area contributed by atoms with Crippen LogP contribution in [-0.4, -0.2) is 18.2 Å². The Morgan fingerprint density at radius 1 is 1.13 bits per heavy atom. The molecule has 2 nitrogen and oxygen atoms in total. The van der Waals surface area contributed by atoms with E-state index in [4.69, 9.17) is 4.74 Å². The summed E-state index contributed by atoms with van der Waals surface area (Å²) >= 11 is 0. The first-order chi connectivity index (χ1) is 11.1. The van der Waals surface area contributed by atoms with E-state index < -0.39 is 6.17 Å². The molecule has 1 aromatic carbocycles. The second-order valence-corrected chi connectivity index (χ2v) is 7.30. The Morgan fingerprint density at radius 3 is 2.52 bits per heavy atom. The van der Waals surface area contributed by atoms with Crippen LogP contribution in [-0.2, 0) is 16.0 Å². The van der Waals surface area contributed by atoms with Gasteiger partial charge < -0.3 is 4.74 Å². The molecule has 0 spiro atoms. The highest BCUT2D eigenvalue weighted by atomic mass is 19.1. The van der Waals surface area contributed by atoms with Crippen LogP contribution in [0, 0.1) is 18.8 Å². The molecule has 2 atom stereocenters. The summed E-state index contributed by atoms with van der Waals surface area (Å²) < 4.78 is 18.8. The predicted molar refractivity (Wildman–Crippen MR) is 89.0 cm³/mol. The number of carbonyl (C=O) groups is 1. The van der Waals surface area contributed by atoms with Crippen LogP contribution in [0.1, 0.15) is 56.1 Å². The Kier molecular flexibility index (Phi) is 5.34. The van der Waals surface area contributed by atoms with Crippen molar-refractivity contribution < 1.29 is 13.9 Å². The molecule has 3 heteroatoms. The lowest BCUT2D eigenvalue weighted by Crippen LogP contribution is -2.26. The third kappa shape index (κ3) is 4.33. The number of hydrogen-bond acceptors (Lipinski definition) is 2. The van der Waals surface area contributed by atoms with Gasteiger partial charge in [-0.25, -0.2) is 4.39 Å². The average Bonchev–Trinajstić information content (AvgIpc) is 2.91. The summed E-state index contributed by atoms with van der Waals surface area (Å²) in [6, 6.07) is 8.61. The van der Waals surface area contributed by atoms with Crippen molar-refractivity contribution in [2.75, 3.05) is 0 Å². The second-order valence-electron chi connectivity index (χ2n) is 7.30. The smallest absolute Gasteiger partial charge is 0.309 e. The van der Waals surface area contributed by atoms with E-state index in [2.05, 4.69) is 31.2 Å². The van der Waals surface area contributed by atoms with E-state index in [1.165, 1.54) is 11.1 Å². The number of rotatable bonds is 5. The Morgan fingerprint density at radius 2 is 1.83 bits per heavy atom. The summed E-state index contributed by atoms with van der Waals surface area (Å²) in [5, 5.41) is 0. The Hall–Kier alpha value is -1.38. The van der Waals surface area contributed by atoms with Gasteiger partial charge in [-0.1, -0.05) is 29.8 Å². The molecule has 1 aliphatic carbocycles. The summed E-state index contributed by atoms with van der Waals surface area (Å²) in [6.45, 7) is 2.09.